The maximum atomic E-state index is 3.46. The van der Waals surface area contributed by atoms with E-state index in [1.165, 1.54) is 6.54 Å². The van der Waals surface area contributed by atoms with E-state index in [2.05, 4.69) is 35.9 Å². The molecule has 0 saturated carbocycles. The Hall–Kier alpha value is -0.520. The molecule has 0 radical (unpaired) electrons. The molecule has 1 unspecified atom stereocenters. The molecule has 1 heterocycles. The molecule has 0 aliphatic carbocycles. The van der Waals surface area contributed by atoms with Crippen LogP contribution in [0, 0.1) is 17.8 Å². The van der Waals surface area contributed by atoms with Crippen LogP contribution < -0.4 is 5.32 Å². The van der Waals surface area contributed by atoms with Crippen molar-refractivity contribution in [1.29, 1.82) is 0 Å². The van der Waals surface area contributed by atoms with Crippen molar-refractivity contribution >= 4 is 0 Å². The minimum atomic E-state index is 0.697. The molecule has 1 saturated heterocycles. The van der Waals surface area contributed by atoms with Gasteiger partial charge in [0, 0.05) is 38.6 Å². The minimum Gasteiger partial charge on any atom is -0.314 e. The molecule has 0 aromatic rings. The fourth-order valence-electron chi connectivity index (χ4n) is 2.03. The highest BCUT2D eigenvalue weighted by molar-refractivity contribution is 4.96. The highest BCUT2D eigenvalue weighted by atomic mass is 15.2. The third kappa shape index (κ3) is 3.32. The first-order valence-electron chi connectivity index (χ1n) is 5.60. The van der Waals surface area contributed by atoms with Crippen LogP contribution in [0.1, 0.15) is 27.2 Å². The van der Waals surface area contributed by atoms with Gasteiger partial charge in [0.25, 0.3) is 0 Å². The smallest absolute Gasteiger partial charge is 0.0244 e. The van der Waals surface area contributed by atoms with Gasteiger partial charge in [-0.3, -0.25) is 4.90 Å². The molecule has 0 amide bonds. The summed E-state index contributed by atoms with van der Waals surface area (Å²) in [6.45, 7) is 11.1. The van der Waals surface area contributed by atoms with Crippen LogP contribution >= 0.6 is 0 Å². The molecule has 0 bridgehead atoms. The van der Waals surface area contributed by atoms with Crippen molar-refractivity contribution in [3.63, 3.8) is 0 Å². The molecular weight excluding hydrogens is 172 g/mol. The Morgan fingerprint density at radius 2 is 2.29 bits per heavy atom. The summed E-state index contributed by atoms with van der Waals surface area (Å²) in [6, 6.07) is 0.697. The summed E-state index contributed by atoms with van der Waals surface area (Å²) in [4.78, 5) is 2.57. The lowest BCUT2D eigenvalue weighted by Crippen LogP contribution is -2.53. The minimum absolute atomic E-state index is 0.697. The highest BCUT2D eigenvalue weighted by Gasteiger charge is 2.23. The zero-order valence-corrected chi connectivity index (χ0v) is 9.64. The molecule has 1 atom stereocenters. The molecule has 14 heavy (non-hydrogen) atoms. The Morgan fingerprint density at radius 1 is 1.50 bits per heavy atom. The zero-order valence-electron chi connectivity index (χ0n) is 9.64. The van der Waals surface area contributed by atoms with Crippen LogP contribution in [0.4, 0.5) is 0 Å². The molecule has 0 aromatic heterocycles. The van der Waals surface area contributed by atoms with Gasteiger partial charge in [0.15, 0.2) is 0 Å². The summed E-state index contributed by atoms with van der Waals surface area (Å²) in [7, 11) is 0. The van der Waals surface area contributed by atoms with Crippen molar-refractivity contribution in [3.05, 3.63) is 0 Å². The zero-order chi connectivity index (χ0) is 10.4. The van der Waals surface area contributed by atoms with Crippen molar-refractivity contribution < 1.29 is 0 Å². The second-order valence-corrected chi connectivity index (χ2v) is 4.23. The van der Waals surface area contributed by atoms with E-state index in [9.17, 15) is 0 Å². The van der Waals surface area contributed by atoms with Crippen molar-refractivity contribution in [2.75, 3.05) is 26.2 Å². The van der Waals surface area contributed by atoms with Gasteiger partial charge in [-0.05, 0) is 12.8 Å². The topological polar surface area (TPSA) is 15.3 Å². The number of nitrogens with one attached hydrogen (secondary N) is 1. The molecule has 1 fully saturated rings. The van der Waals surface area contributed by atoms with Crippen LogP contribution in [0.25, 0.3) is 0 Å². The molecule has 2 heteroatoms. The number of hydrogen-bond donors (Lipinski definition) is 1. The second kappa shape index (κ2) is 6.06. The van der Waals surface area contributed by atoms with E-state index in [-0.39, 0.29) is 0 Å². The van der Waals surface area contributed by atoms with E-state index in [0.29, 0.717) is 6.04 Å². The second-order valence-electron chi connectivity index (χ2n) is 4.23. The van der Waals surface area contributed by atoms with E-state index in [0.717, 1.165) is 32.0 Å². The van der Waals surface area contributed by atoms with Gasteiger partial charge in [0.2, 0.25) is 0 Å². The summed E-state index contributed by atoms with van der Waals surface area (Å²) in [5.74, 6) is 6.84. The van der Waals surface area contributed by atoms with Crippen LogP contribution in [-0.2, 0) is 0 Å². The standard InChI is InChI=1S/C12H22N2/c1-4-5-6-8-14-9-7-13-10-12(14)11(2)3/h11-13H,6-10H2,1-3H3. The first-order chi connectivity index (χ1) is 6.75. The normalized spacial score (nSPS) is 23.3. The van der Waals surface area contributed by atoms with Crippen molar-refractivity contribution in [2.24, 2.45) is 5.92 Å². The summed E-state index contributed by atoms with van der Waals surface area (Å²) in [5, 5.41) is 3.46. The van der Waals surface area contributed by atoms with E-state index >= 15 is 0 Å². The summed E-state index contributed by atoms with van der Waals surface area (Å²) >= 11 is 0. The Balaban J connectivity index is 2.40. The van der Waals surface area contributed by atoms with Gasteiger partial charge >= 0.3 is 0 Å². The van der Waals surface area contributed by atoms with Gasteiger partial charge in [0.1, 0.15) is 0 Å². The highest BCUT2D eigenvalue weighted by Crippen LogP contribution is 2.12. The lowest BCUT2D eigenvalue weighted by molar-refractivity contribution is 0.128. The molecule has 1 N–H and O–H groups in total. The van der Waals surface area contributed by atoms with E-state index in [4.69, 9.17) is 0 Å². The maximum Gasteiger partial charge on any atom is 0.0244 e. The molecule has 0 aromatic carbocycles. The lowest BCUT2D eigenvalue weighted by atomic mass is 10.0. The maximum absolute atomic E-state index is 3.46. The number of rotatable bonds is 3. The summed E-state index contributed by atoms with van der Waals surface area (Å²) in [6.07, 6.45) is 1.01. The average Bonchev–Trinajstić information content (AvgIpc) is 2.19. The molecular formula is C12H22N2. The number of hydrogen-bond acceptors (Lipinski definition) is 2. The number of piperazine rings is 1. The van der Waals surface area contributed by atoms with Crippen molar-refractivity contribution in [2.45, 2.75) is 33.2 Å². The fraction of sp³-hybridized carbons (Fsp3) is 0.833. The first kappa shape index (κ1) is 11.6. The largest absolute Gasteiger partial charge is 0.314 e. The summed E-state index contributed by atoms with van der Waals surface area (Å²) < 4.78 is 0. The van der Waals surface area contributed by atoms with Crippen LogP contribution in [-0.4, -0.2) is 37.1 Å². The molecule has 80 valence electrons. The first-order valence-corrected chi connectivity index (χ1v) is 5.60. The Morgan fingerprint density at radius 3 is 2.93 bits per heavy atom. The van der Waals surface area contributed by atoms with Gasteiger partial charge in [0.05, 0.1) is 0 Å². The van der Waals surface area contributed by atoms with Gasteiger partial charge in [-0.15, -0.1) is 11.8 Å². The Kier molecular flexibility index (Phi) is 5.00. The number of nitrogens with zero attached hydrogens (tertiary/aromatic N) is 1. The van der Waals surface area contributed by atoms with Gasteiger partial charge in [-0.2, -0.15) is 0 Å². The van der Waals surface area contributed by atoms with Crippen molar-refractivity contribution in [3.8, 4) is 11.8 Å². The van der Waals surface area contributed by atoms with Gasteiger partial charge in [-0.1, -0.05) is 13.8 Å². The van der Waals surface area contributed by atoms with Crippen LogP contribution in [0.15, 0.2) is 0 Å². The molecule has 1 aliphatic heterocycles. The SMILES string of the molecule is CC#CCCN1CCNCC1C(C)C. The lowest BCUT2D eigenvalue weighted by Gasteiger charge is -2.38. The predicted octanol–water partition coefficient (Wildman–Crippen LogP) is 1.33. The third-order valence-corrected chi connectivity index (χ3v) is 2.87. The van der Waals surface area contributed by atoms with Gasteiger partial charge in [-0.25, -0.2) is 0 Å². The van der Waals surface area contributed by atoms with Crippen molar-refractivity contribution in [1.82, 2.24) is 10.2 Å². The van der Waals surface area contributed by atoms with E-state index in [1.807, 2.05) is 6.92 Å². The molecule has 0 spiro atoms. The van der Waals surface area contributed by atoms with E-state index < -0.39 is 0 Å². The van der Waals surface area contributed by atoms with Crippen LogP contribution in [0.2, 0.25) is 0 Å². The summed E-state index contributed by atoms with van der Waals surface area (Å²) in [5.41, 5.74) is 0. The molecule has 2 nitrogen and oxygen atoms in total. The Labute approximate surface area is 88.1 Å². The van der Waals surface area contributed by atoms with Gasteiger partial charge < -0.3 is 5.32 Å². The molecule has 1 rings (SSSR count). The Bertz CT molecular complexity index is 212. The third-order valence-electron chi connectivity index (χ3n) is 2.87. The van der Waals surface area contributed by atoms with Crippen LogP contribution in [0.5, 0.6) is 0 Å². The van der Waals surface area contributed by atoms with E-state index in [1.54, 1.807) is 0 Å². The molecule has 1 aliphatic rings. The predicted molar refractivity (Wildman–Crippen MR) is 61.1 cm³/mol. The average molecular weight is 194 g/mol. The van der Waals surface area contributed by atoms with Crippen LogP contribution in [0.3, 0.4) is 0 Å². The monoisotopic (exact) mass is 194 g/mol. The fourth-order valence-corrected chi connectivity index (χ4v) is 2.03. The quantitative estimate of drug-likeness (QED) is 0.682.